The molecular formula is C24H23BrFNO4. The van der Waals surface area contributed by atoms with Gasteiger partial charge in [-0.25, -0.2) is 9.18 Å². The molecule has 0 spiro atoms. The molecule has 1 aromatic heterocycles. The molecule has 0 saturated carbocycles. The minimum atomic E-state index is -0.610. The monoisotopic (exact) mass is 487 g/mol. The quantitative estimate of drug-likeness (QED) is 0.312. The van der Waals surface area contributed by atoms with E-state index in [2.05, 4.69) is 15.9 Å². The molecular weight excluding hydrogens is 465 g/mol. The first-order chi connectivity index (χ1) is 14.8. The van der Waals surface area contributed by atoms with Gasteiger partial charge >= 0.3 is 5.97 Å². The highest BCUT2D eigenvalue weighted by atomic mass is 79.9. The van der Waals surface area contributed by atoms with Gasteiger partial charge in [0.25, 0.3) is 0 Å². The highest BCUT2D eigenvalue weighted by Gasteiger charge is 2.17. The molecule has 0 saturated heterocycles. The van der Waals surface area contributed by atoms with Gasteiger partial charge in [0.1, 0.15) is 11.6 Å². The van der Waals surface area contributed by atoms with Crippen LogP contribution in [-0.2, 0) is 22.5 Å². The molecule has 162 valence electrons. The number of ketones is 1. The first-order valence-corrected chi connectivity index (χ1v) is 10.6. The molecule has 0 atom stereocenters. The Hall–Kier alpha value is -2.93. The Labute approximate surface area is 188 Å². The van der Waals surface area contributed by atoms with Crippen molar-refractivity contribution in [2.24, 2.45) is 0 Å². The number of halogens is 2. The van der Waals surface area contributed by atoms with Crippen LogP contribution in [0.4, 0.5) is 4.39 Å². The zero-order valence-electron chi connectivity index (χ0n) is 17.4. The lowest BCUT2D eigenvalue weighted by Gasteiger charge is -2.10. The Morgan fingerprint density at radius 3 is 2.35 bits per heavy atom. The maximum absolute atomic E-state index is 13.1. The van der Waals surface area contributed by atoms with Crippen LogP contribution >= 0.6 is 15.9 Å². The topological polar surface area (TPSA) is 57.5 Å². The fourth-order valence-corrected chi connectivity index (χ4v) is 3.52. The third-order valence-electron chi connectivity index (χ3n) is 4.95. The fourth-order valence-electron chi connectivity index (χ4n) is 3.26. The molecule has 0 bridgehead atoms. The van der Waals surface area contributed by atoms with Crippen LogP contribution in [-0.4, -0.2) is 29.5 Å². The molecule has 0 radical (unpaired) electrons. The van der Waals surface area contributed by atoms with Crippen molar-refractivity contribution in [1.29, 1.82) is 0 Å². The SMILES string of the molecule is Cc1cc(C(=O)COC(=O)COc2ccc(Br)cc2)c(C)n1CCc1ccc(F)cc1. The highest BCUT2D eigenvalue weighted by Crippen LogP contribution is 2.18. The number of benzene rings is 2. The molecule has 0 aliphatic carbocycles. The number of esters is 1. The zero-order chi connectivity index (χ0) is 22.4. The predicted octanol–water partition coefficient (Wildman–Crippen LogP) is 5.05. The van der Waals surface area contributed by atoms with Gasteiger partial charge in [-0.1, -0.05) is 28.1 Å². The predicted molar refractivity (Wildman–Crippen MR) is 119 cm³/mol. The summed E-state index contributed by atoms with van der Waals surface area (Å²) in [7, 11) is 0. The van der Waals surface area contributed by atoms with Crippen molar-refractivity contribution in [1.82, 2.24) is 4.57 Å². The van der Waals surface area contributed by atoms with Crippen LogP contribution in [0.3, 0.4) is 0 Å². The first-order valence-electron chi connectivity index (χ1n) is 9.82. The molecule has 0 amide bonds. The molecule has 0 unspecified atom stereocenters. The lowest BCUT2D eigenvalue weighted by atomic mass is 10.1. The second-order valence-corrected chi connectivity index (χ2v) is 8.06. The Morgan fingerprint density at radius 1 is 1.00 bits per heavy atom. The number of ether oxygens (including phenoxy) is 2. The number of hydrogen-bond acceptors (Lipinski definition) is 4. The number of carbonyl (C=O) groups is 2. The average molecular weight is 488 g/mol. The Balaban J connectivity index is 1.52. The number of hydrogen-bond donors (Lipinski definition) is 0. The van der Waals surface area contributed by atoms with E-state index >= 15 is 0 Å². The van der Waals surface area contributed by atoms with Gasteiger partial charge in [-0.2, -0.15) is 0 Å². The summed E-state index contributed by atoms with van der Waals surface area (Å²) in [5.41, 5.74) is 3.29. The van der Waals surface area contributed by atoms with E-state index in [4.69, 9.17) is 9.47 Å². The Kier molecular flexibility index (Phi) is 7.63. The third-order valence-corrected chi connectivity index (χ3v) is 5.47. The molecule has 5 nitrogen and oxygen atoms in total. The van der Waals surface area contributed by atoms with Crippen LogP contribution in [0.15, 0.2) is 59.1 Å². The second kappa shape index (κ2) is 10.4. The summed E-state index contributed by atoms with van der Waals surface area (Å²) in [6.45, 7) is 3.84. The smallest absolute Gasteiger partial charge is 0.344 e. The number of carbonyl (C=O) groups excluding carboxylic acids is 2. The number of aryl methyl sites for hydroxylation is 2. The molecule has 3 rings (SSSR count). The summed E-state index contributed by atoms with van der Waals surface area (Å²) in [6, 6.07) is 15.2. The molecule has 2 aromatic carbocycles. The molecule has 0 aliphatic heterocycles. The van der Waals surface area contributed by atoms with Gasteiger partial charge in [0, 0.05) is 28.0 Å². The lowest BCUT2D eigenvalue weighted by molar-refractivity contribution is -0.144. The van der Waals surface area contributed by atoms with Crippen molar-refractivity contribution >= 4 is 27.7 Å². The Morgan fingerprint density at radius 2 is 1.68 bits per heavy atom. The van der Waals surface area contributed by atoms with Crippen molar-refractivity contribution < 1.29 is 23.5 Å². The molecule has 7 heteroatoms. The van der Waals surface area contributed by atoms with E-state index in [1.54, 1.807) is 42.5 Å². The first kappa shape index (κ1) is 22.7. The highest BCUT2D eigenvalue weighted by molar-refractivity contribution is 9.10. The van der Waals surface area contributed by atoms with Crippen molar-refractivity contribution in [3.05, 3.63) is 87.4 Å². The summed E-state index contributed by atoms with van der Waals surface area (Å²) in [6.07, 6.45) is 0.715. The van der Waals surface area contributed by atoms with Gasteiger partial charge in [-0.3, -0.25) is 4.79 Å². The van der Waals surface area contributed by atoms with Crippen LogP contribution in [0.25, 0.3) is 0 Å². The van der Waals surface area contributed by atoms with E-state index < -0.39 is 5.97 Å². The summed E-state index contributed by atoms with van der Waals surface area (Å²) in [5, 5.41) is 0. The van der Waals surface area contributed by atoms with Crippen molar-refractivity contribution in [2.75, 3.05) is 13.2 Å². The van der Waals surface area contributed by atoms with Crippen LogP contribution in [0, 0.1) is 19.7 Å². The van der Waals surface area contributed by atoms with Crippen LogP contribution in [0.5, 0.6) is 5.75 Å². The number of aromatic nitrogens is 1. The molecule has 1 heterocycles. The number of Topliss-reactive ketones (excluding diaryl/α,β-unsaturated/α-hetero) is 1. The number of rotatable bonds is 9. The van der Waals surface area contributed by atoms with Gasteiger partial charge in [-0.15, -0.1) is 0 Å². The normalized spacial score (nSPS) is 10.7. The van der Waals surface area contributed by atoms with Gasteiger partial charge in [0.05, 0.1) is 0 Å². The molecule has 0 aliphatic rings. The Bertz CT molecular complexity index is 1060. The second-order valence-electron chi connectivity index (χ2n) is 7.14. The molecule has 31 heavy (non-hydrogen) atoms. The molecule has 0 N–H and O–H groups in total. The molecule has 0 fully saturated rings. The van der Waals surface area contributed by atoms with E-state index in [1.165, 1.54) is 12.1 Å². The zero-order valence-corrected chi connectivity index (χ0v) is 18.9. The minimum absolute atomic E-state index is 0.262. The van der Waals surface area contributed by atoms with Gasteiger partial charge in [-0.05, 0) is 68.3 Å². The molecule has 3 aromatic rings. The van der Waals surface area contributed by atoms with E-state index in [9.17, 15) is 14.0 Å². The van der Waals surface area contributed by atoms with Crippen LogP contribution < -0.4 is 4.74 Å². The van der Waals surface area contributed by atoms with Crippen molar-refractivity contribution in [2.45, 2.75) is 26.8 Å². The van der Waals surface area contributed by atoms with Crippen molar-refractivity contribution in [3.8, 4) is 5.75 Å². The fraction of sp³-hybridized carbons (Fsp3) is 0.250. The largest absolute Gasteiger partial charge is 0.482 e. The van der Waals surface area contributed by atoms with E-state index in [0.717, 1.165) is 21.4 Å². The summed E-state index contributed by atoms with van der Waals surface area (Å²) < 4.78 is 26.4. The van der Waals surface area contributed by atoms with E-state index in [-0.39, 0.29) is 24.8 Å². The van der Waals surface area contributed by atoms with Gasteiger partial charge < -0.3 is 14.0 Å². The standard InChI is InChI=1S/C24H23BrFNO4/c1-16-13-22(17(2)27(16)12-11-18-3-7-20(26)8-4-18)23(28)14-31-24(29)15-30-21-9-5-19(25)6-10-21/h3-10,13H,11-12,14-15H2,1-2H3. The van der Waals surface area contributed by atoms with E-state index in [0.29, 0.717) is 24.3 Å². The summed E-state index contributed by atoms with van der Waals surface area (Å²) in [5.74, 6) is -0.600. The van der Waals surface area contributed by atoms with Crippen molar-refractivity contribution in [3.63, 3.8) is 0 Å². The summed E-state index contributed by atoms with van der Waals surface area (Å²) >= 11 is 3.33. The lowest BCUT2D eigenvalue weighted by Crippen LogP contribution is -2.20. The maximum Gasteiger partial charge on any atom is 0.344 e. The summed E-state index contributed by atoms with van der Waals surface area (Å²) in [4.78, 5) is 24.5. The number of nitrogens with zero attached hydrogens (tertiary/aromatic N) is 1. The van der Waals surface area contributed by atoms with Gasteiger partial charge in [0.2, 0.25) is 5.78 Å². The van der Waals surface area contributed by atoms with Crippen LogP contribution in [0.1, 0.15) is 27.3 Å². The minimum Gasteiger partial charge on any atom is -0.482 e. The van der Waals surface area contributed by atoms with E-state index in [1.807, 2.05) is 18.4 Å². The van der Waals surface area contributed by atoms with Crippen LogP contribution in [0.2, 0.25) is 0 Å². The third kappa shape index (κ3) is 6.28. The maximum atomic E-state index is 13.1. The van der Waals surface area contributed by atoms with Gasteiger partial charge in [0.15, 0.2) is 13.2 Å². The average Bonchev–Trinajstić information content (AvgIpc) is 3.04.